The second-order valence-electron chi connectivity index (χ2n) is 5.71. The van der Waals surface area contributed by atoms with Crippen LogP contribution in [0.15, 0.2) is 48.5 Å². The molecule has 2 aromatic rings. The van der Waals surface area contributed by atoms with Crippen LogP contribution in [-0.4, -0.2) is 26.1 Å². The first-order valence-electron chi connectivity index (χ1n) is 8.08. The van der Waals surface area contributed by atoms with E-state index in [4.69, 9.17) is 16.3 Å². The van der Waals surface area contributed by atoms with Crippen LogP contribution in [0.4, 0.5) is 5.69 Å². The second kappa shape index (κ2) is 8.71. The van der Waals surface area contributed by atoms with Gasteiger partial charge in [0, 0.05) is 16.3 Å². The third-order valence-electron chi connectivity index (χ3n) is 4.20. The van der Waals surface area contributed by atoms with E-state index in [1.807, 2.05) is 48.5 Å². The van der Waals surface area contributed by atoms with Crippen molar-refractivity contribution in [2.75, 3.05) is 25.5 Å². The van der Waals surface area contributed by atoms with Crippen LogP contribution in [0.1, 0.15) is 25.5 Å². The zero-order valence-electron chi connectivity index (χ0n) is 14.3. The Morgan fingerprint density at radius 1 is 1.21 bits per heavy atom. The number of likely N-dealkylation sites (N-methyl/N-ethyl adjacent to an activating group) is 1. The van der Waals surface area contributed by atoms with Gasteiger partial charge in [-0.3, -0.25) is 4.79 Å². The first-order valence-corrected chi connectivity index (χ1v) is 8.45. The molecule has 0 saturated heterocycles. The minimum atomic E-state index is -0.0177. The van der Waals surface area contributed by atoms with Crippen LogP contribution in [0.2, 0.25) is 5.02 Å². The molecule has 0 spiro atoms. The molecule has 0 aromatic heterocycles. The van der Waals surface area contributed by atoms with Gasteiger partial charge in [-0.25, -0.2) is 0 Å². The highest BCUT2D eigenvalue weighted by atomic mass is 35.5. The summed E-state index contributed by atoms with van der Waals surface area (Å²) < 4.78 is 5.12. The number of methoxy groups -OCH3 is 1. The molecule has 24 heavy (non-hydrogen) atoms. The van der Waals surface area contributed by atoms with Gasteiger partial charge in [0.2, 0.25) is 0 Å². The highest BCUT2D eigenvalue weighted by molar-refractivity contribution is 6.31. The van der Waals surface area contributed by atoms with Crippen LogP contribution in [-0.2, 0) is 4.79 Å². The summed E-state index contributed by atoms with van der Waals surface area (Å²) in [6, 6.07) is 15.3. The lowest BCUT2D eigenvalue weighted by Crippen LogP contribution is -3.12. The number of quaternary nitrogens is 1. The number of halogens is 1. The van der Waals surface area contributed by atoms with Crippen molar-refractivity contribution >= 4 is 23.2 Å². The van der Waals surface area contributed by atoms with Crippen molar-refractivity contribution in [3.63, 3.8) is 0 Å². The molecule has 1 amide bonds. The maximum atomic E-state index is 12.4. The van der Waals surface area contributed by atoms with Crippen molar-refractivity contribution in [1.82, 2.24) is 0 Å². The number of ether oxygens (including phenoxy) is 1. The van der Waals surface area contributed by atoms with Crippen LogP contribution in [0.25, 0.3) is 0 Å². The lowest BCUT2D eigenvalue weighted by molar-refractivity contribution is -0.920. The maximum absolute atomic E-state index is 12.4. The fraction of sp³-hybridized carbons (Fsp3) is 0.316. The normalized spacial score (nSPS) is 13.2. The average Bonchev–Trinajstić information content (AvgIpc) is 2.60. The van der Waals surface area contributed by atoms with Crippen molar-refractivity contribution in [2.24, 2.45) is 0 Å². The van der Waals surface area contributed by atoms with E-state index in [1.54, 1.807) is 7.11 Å². The Morgan fingerprint density at radius 2 is 1.88 bits per heavy atom. The standard InChI is InChI=1S/C19H23ClN2O2/c1-4-22(14(2)17-7-5-6-8-18(17)20)13-19(23)21-15-9-11-16(24-3)12-10-15/h5-12,14H,4,13H2,1-3H3,(H,21,23)/p+1/t14-/m1/s1. The third-order valence-corrected chi connectivity index (χ3v) is 4.54. The van der Waals surface area contributed by atoms with E-state index in [1.165, 1.54) is 0 Å². The van der Waals surface area contributed by atoms with E-state index < -0.39 is 0 Å². The quantitative estimate of drug-likeness (QED) is 0.808. The molecule has 2 rings (SSSR count). The predicted octanol–water partition coefficient (Wildman–Crippen LogP) is 2.95. The molecular weight excluding hydrogens is 324 g/mol. The van der Waals surface area contributed by atoms with Gasteiger partial charge in [-0.15, -0.1) is 0 Å². The number of rotatable bonds is 7. The van der Waals surface area contributed by atoms with E-state index in [2.05, 4.69) is 19.2 Å². The summed E-state index contributed by atoms with van der Waals surface area (Å²) in [5, 5.41) is 3.67. The largest absolute Gasteiger partial charge is 0.497 e. The summed E-state index contributed by atoms with van der Waals surface area (Å²) >= 11 is 6.29. The summed E-state index contributed by atoms with van der Waals surface area (Å²) in [6.07, 6.45) is 0. The van der Waals surface area contributed by atoms with E-state index in [0.29, 0.717) is 6.54 Å². The molecule has 0 aliphatic heterocycles. The summed E-state index contributed by atoms with van der Waals surface area (Å²) in [5.41, 5.74) is 1.83. The van der Waals surface area contributed by atoms with Crippen molar-refractivity contribution in [3.8, 4) is 5.75 Å². The Morgan fingerprint density at radius 3 is 2.46 bits per heavy atom. The van der Waals surface area contributed by atoms with E-state index in [9.17, 15) is 4.79 Å². The van der Waals surface area contributed by atoms with Crippen LogP contribution >= 0.6 is 11.6 Å². The van der Waals surface area contributed by atoms with Gasteiger partial charge >= 0.3 is 0 Å². The van der Waals surface area contributed by atoms with E-state index in [-0.39, 0.29) is 11.9 Å². The number of anilines is 1. The van der Waals surface area contributed by atoms with Gasteiger partial charge in [-0.05, 0) is 44.2 Å². The number of amides is 1. The molecule has 2 aromatic carbocycles. The van der Waals surface area contributed by atoms with E-state index >= 15 is 0 Å². The second-order valence-corrected chi connectivity index (χ2v) is 6.12. The van der Waals surface area contributed by atoms with Gasteiger partial charge in [0.1, 0.15) is 11.8 Å². The third kappa shape index (κ3) is 4.73. The Labute approximate surface area is 148 Å². The summed E-state index contributed by atoms with van der Waals surface area (Å²) in [5.74, 6) is 0.747. The van der Waals surface area contributed by atoms with Crippen molar-refractivity contribution < 1.29 is 14.4 Å². The molecule has 4 nitrogen and oxygen atoms in total. The van der Waals surface area contributed by atoms with Gasteiger partial charge in [0.25, 0.3) is 5.91 Å². The fourth-order valence-corrected chi connectivity index (χ4v) is 3.02. The van der Waals surface area contributed by atoms with Gasteiger partial charge in [0.15, 0.2) is 6.54 Å². The maximum Gasteiger partial charge on any atom is 0.279 e. The minimum absolute atomic E-state index is 0.0177. The predicted molar refractivity (Wildman–Crippen MR) is 97.9 cm³/mol. The SMILES string of the molecule is CC[NH+](CC(=O)Nc1ccc(OC)cc1)[C@H](C)c1ccccc1Cl. The topological polar surface area (TPSA) is 42.8 Å². The Bertz CT molecular complexity index is 673. The van der Waals surface area contributed by atoms with Crippen molar-refractivity contribution in [3.05, 3.63) is 59.1 Å². The van der Waals surface area contributed by atoms with Gasteiger partial charge in [-0.2, -0.15) is 0 Å². The lowest BCUT2D eigenvalue weighted by Gasteiger charge is -2.25. The van der Waals surface area contributed by atoms with Gasteiger partial charge < -0.3 is 15.0 Å². The molecule has 5 heteroatoms. The van der Waals surface area contributed by atoms with Crippen LogP contribution in [0.5, 0.6) is 5.75 Å². The van der Waals surface area contributed by atoms with Crippen molar-refractivity contribution in [1.29, 1.82) is 0 Å². The molecule has 2 atom stereocenters. The molecule has 2 N–H and O–H groups in total. The van der Waals surface area contributed by atoms with Crippen LogP contribution in [0, 0.1) is 0 Å². The Kier molecular flexibility index (Phi) is 6.64. The monoisotopic (exact) mass is 347 g/mol. The highest BCUT2D eigenvalue weighted by Gasteiger charge is 2.22. The summed E-state index contributed by atoms with van der Waals surface area (Å²) in [4.78, 5) is 13.5. The molecule has 128 valence electrons. The number of hydrogen-bond acceptors (Lipinski definition) is 2. The van der Waals surface area contributed by atoms with E-state index in [0.717, 1.165) is 33.5 Å². The molecule has 0 saturated carbocycles. The Hall–Kier alpha value is -2.04. The first kappa shape index (κ1) is 18.3. The number of nitrogens with one attached hydrogen (secondary N) is 2. The average molecular weight is 348 g/mol. The molecular formula is C19H24ClN2O2+. The molecule has 0 heterocycles. The van der Waals surface area contributed by atoms with Crippen molar-refractivity contribution in [2.45, 2.75) is 19.9 Å². The van der Waals surface area contributed by atoms with Crippen LogP contribution in [0.3, 0.4) is 0 Å². The summed E-state index contributed by atoms with van der Waals surface area (Å²) in [6.45, 7) is 5.39. The molecule has 0 aliphatic carbocycles. The molecule has 1 unspecified atom stereocenters. The number of carbonyl (C=O) groups is 1. The lowest BCUT2D eigenvalue weighted by atomic mass is 10.1. The number of carbonyl (C=O) groups excluding carboxylic acids is 1. The smallest absolute Gasteiger partial charge is 0.279 e. The summed E-state index contributed by atoms with van der Waals surface area (Å²) in [7, 11) is 1.62. The molecule has 0 bridgehead atoms. The van der Waals surface area contributed by atoms with Gasteiger partial charge in [-0.1, -0.05) is 29.8 Å². The Balaban J connectivity index is 2.00. The minimum Gasteiger partial charge on any atom is -0.497 e. The number of hydrogen-bond donors (Lipinski definition) is 2. The zero-order valence-corrected chi connectivity index (χ0v) is 15.1. The molecule has 0 fully saturated rings. The fourth-order valence-electron chi connectivity index (χ4n) is 2.72. The number of benzene rings is 2. The molecule has 0 aliphatic rings. The first-order chi connectivity index (χ1) is 11.5. The zero-order chi connectivity index (χ0) is 17.5. The highest BCUT2D eigenvalue weighted by Crippen LogP contribution is 2.20. The van der Waals surface area contributed by atoms with Crippen LogP contribution < -0.4 is 15.0 Å². The van der Waals surface area contributed by atoms with Gasteiger partial charge in [0.05, 0.1) is 13.7 Å². The molecule has 0 radical (unpaired) electrons.